The minimum absolute atomic E-state index is 0.00622. The average molecular weight is 345 g/mol. The largest absolute Gasteiger partial charge is 0.484 e. The number of nitrogens with one attached hydrogen (secondary N) is 1. The fourth-order valence-electron chi connectivity index (χ4n) is 2.59. The van der Waals surface area contributed by atoms with Crippen LogP contribution in [0.3, 0.4) is 0 Å². The number of alkyl halides is 3. The molecule has 1 aliphatic rings. The summed E-state index contributed by atoms with van der Waals surface area (Å²) in [4.78, 5) is 12.1. The van der Waals surface area contributed by atoms with Crippen LogP contribution in [0.5, 0.6) is 5.75 Å². The van der Waals surface area contributed by atoms with Crippen LogP contribution in [0.1, 0.15) is 44.7 Å². The summed E-state index contributed by atoms with van der Waals surface area (Å²) in [6, 6.07) is 5.77. The summed E-state index contributed by atoms with van der Waals surface area (Å²) in [5.74, 6) is -0.0328. The van der Waals surface area contributed by atoms with Crippen LogP contribution < -0.4 is 10.1 Å². The molecule has 2 rings (SSSR count). The maximum absolute atomic E-state index is 12.2. The number of hydrogen-bond donors (Lipinski definition) is 2. The summed E-state index contributed by atoms with van der Waals surface area (Å²) < 4.78 is 41.3. The second-order valence-electron chi connectivity index (χ2n) is 6.57. The third-order valence-electron chi connectivity index (χ3n) is 4.11. The first-order valence-corrected chi connectivity index (χ1v) is 7.88. The predicted octanol–water partition coefficient (Wildman–Crippen LogP) is 3.36. The van der Waals surface area contributed by atoms with E-state index in [9.17, 15) is 23.1 Å². The number of amides is 1. The first kappa shape index (κ1) is 18.6. The Morgan fingerprint density at radius 1 is 1.42 bits per heavy atom. The highest BCUT2D eigenvalue weighted by Crippen LogP contribution is 2.41. The van der Waals surface area contributed by atoms with E-state index in [0.717, 1.165) is 12.8 Å². The minimum Gasteiger partial charge on any atom is -0.484 e. The van der Waals surface area contributed by atoms with E-state index in [-0.39, 0.29) is 24.0 Å². The Hall–Kier alpha value is -1.76. The SMILES string of the molecule is CC(NC(=O)CC(C)(O)C1CC1)c1cccc(OCC(F)(F)F)c1. The summed E-state index contributed by atoms with van der Waals surface area (Å²) in [6.07, 6.45) is -2.54. The smallest absolute Gasteiger partial charge is 0.422 e. The zero-order valence-electron chi connectivity index (χ0n) is 13.7. The van der Waals surface area contributed by atoms with E-state index in [1.165, 1.54) is 12.1 Å². The van der Waals surface area contributed by atoms with Gasteiger partial charge in [0, 0.05) is 0 Å². The van der Waals surface area contributed by atoms with E-state index in [4.69, 9.17) is 4.74 Å². The molecule has 4 nitrogen and oxygen atoms in total. The van der Waals surface area contributed by atoms with Crippen LogP contribution in [0, 0.1) is 5.92 Å². The molecule has 24 heavy (non-hydrogen) atoms. The zero-order chi connectivity index (χ0) is 18.0. The van der Waals surface area contributed by atoms with Gasteiger partial charge in [0.25, 0.3) is 0 Å². The van der Waals surface area contributed by atoms with E-state index in [0.29, 0.717) is 5.56 Å². The molecule has 134 valence electrons. The Bertz CT molecular complexity index is 583. The number of hydrogen-bond acceptors (Lipinski definition) is 3. The van der Waals surface area contributed by atoms with Crippen LogP contribution in [-0.2, 0) is 4.79 Å². The molecule has 2 atom stereocenters. The summed E-state index contributed by atoms with van der Waals surface area (Å²) in [5.41, 5.74) is -0.379. The molecule has 1 aromatic rings. The Labute approximate surface area is 139 Å². The molecular weight excluding hydrogens is 323 g/mol. The lowest BCUT2D eigenvalue weighted by molar-refractivity contribution is -0.153. The number of rotatable bonds is 7. The highest BCUT2D eigenvalue weighted by atomic mass is 19.4. The molecule has 0 aliphatic heterocycles. The highest BCUT2D eigenvalue weighted by molar-refractivity contribution is 5.77. The second-order valence-corrected chi connectivity index (χ2v) is 6.57. The van der Waals surface area contributed by atoms with Gasteiger partial charge in [-0.05, 0) is 50.3 Å². The number of carbonyl (C=O) groups is 1. The van der Waals surface area contributed by atoms with Crippen molar-refractivity contribution in [1.29, 1.82) is 0 Å². The van der Waals surface area contributed by atoms with Gasteiger partial charge in [0.05, 0.1) is 18.1 Å². The maximum atomic E-state index is 12.2. The van der Waals surface area contributed by atoms with E-state index in [2.05, 4.69) is 5.32 Å². The van der Waals surface area contributed by atoms with Crippen LogP contribution in [-0.4, -0.2) is 29.4 Å². The standard InChI is InChI=1S/C17H22F3NO3/c1-11(21-15(22)9-16(2,23)13-6-7-13)12-4-3-5-14(8-12)24-10-17(18,19)20/h3-5,8,11,13,23H,6-7,9-10H2,1-2H3,(H,21,22). The molecule has 2 unspecified atom stereocenters. The lowest BCUT2D eigenvalue weighted by Gasteiger charge is -2.23. The Balaban J connectivity index is 1.91. The fraction of sp³-hybridized carbons (Fsp3) is 0.588. The van der Waals surface area contributed by atoms with E-state index >= 15 is 0 Å². The van der Waals surface area contributed by atoms with Crippen molar-refractivity contribution in [1.82, 2.24) is 5.32 Å². The molecule has 0 bridgehead atoms. The van der Waals surface area contributed by atoms with Crippen molar-refractivity contribution < 1.29 is 27.8 Å². The average Bonchev–Trinajstić information content (AvgIpc) is 3.29. The van der Waals surface area contributed by atoms with Gasteiger partial charge in [-0.2, -0.15) is 13.2 Å². The van der Waals surface area contributed by atoms with E-state index in [1.54, 1.807) is 26.0 Å². The van der Waals surface area contributed by atoms with Gasteiger partial charge < -0.3 is 15.2 Å². The van der Waals surface area contributed by atoms with Crippen molar-refractivity contribution in [3.63, 3.8) is 0 Å². The van der Waals surface area contributed by atoms with Gasteiger partial charge in [-0.25, -0.2) is 0 Å². The first-order chi connectivity index (χ1) is 11.1. The van der Waals surface area contributed by atoms with Crippen LogP contribution in [0.2, 0.25) is 0 Å². The molecule has 0 spiro atoms. The topological polar surface area (TPSA) is 58.6 Å². The highest BCUT2D eigenvalue weighted by Gasteiger charge is 2.41. The van der Waals surface area contributed by atoms with Crippen LogP contribution >= 0.6 is 0 Å². The summed E-state index contributed by atoms with van der Waals surface area (Å²) >= 11 is 0. The number of benzene rings is 1. The maximum Gasteiger partial charge on any atom is 0.422 e. The number of halogens is 3. The molecule has 1 aromatic carbocycles. The van der Waals surface area contributed by atoms with Gasteiger partial charge in [-0.3, -0.25) is 4.79 Å². The number of aliphatic hydroxyl groups is 1. The second kappa shape index (κ2) is 7.01. The molecule has 2 N–H and O–H groups in total. The van der Waals surface area contributed by atoms with Crippen molar-refractivity contribution in [2.24, 2.45) is 5.92 Å². The van der Waals surface area contributed by atoms with Crippen molar-refractivity contribution in [3.8, 4) is 5.75 Å². The molecule has 7 heteroatoms. The summed E-state index contributed by atoms with van der Waals surface area (Å²) in [6.45, 7) is 2.02. The zero-order valence-corrected chi connectivity index (χ0v) is 13.7. The van der Waals surface area contributed by atoms with Crippen molar-refractivity contribution in [3.05, 3.63) is 29.8 Å². The van der Waals surface area contributed by atoms with Crippen molar-refractivity contribution in [2.45, 2.75) is 50.9 Å². The predicted molar refractivity (Wildman–Crippen MR) is 82.5 cm³/mol. The van der Waals surface area contributed by atoms with Gasteiger partial charge in [0.2, 0.25) is 5.91 Å². The third-order valence-corrected chi connectivity index (χ3v) is 4.11. The lowest BCUT2D eigenvalue weighted by atomic mass is 9.95. The Morgan fingerprint density at radius 2 is 2.08 bits per heavy atom. The molecule has 1 saturated carbocycles. The number of ether oxygens (including phenoxy) is 1. The molecule has 0 aromatic heterocycles. The molecular formula is C17H22F3NO3. The van der Waals surface area contributed by atoms with E-state index < -0.39 is 24.4 Å². The molecule has 1 aliphatic carbocycles. The van der Waals surface area contributed by atoms with Crippen molar-refractivity contribution in [2.75, 3.05) is 6.61 Å². The molecule has 1 amide bonds. The van der Waals surface area contributed by atoms with E-state index in [1.807, 2.05) is 0 Å². The lowest BCUT2D eigenvalue weighted by Crippen LogP contribution is -2.37. The first-order valence-electron chi connectivity index (χ1n) is 7.88. The van der Waals surface area contributed by atoms with Crippen LogP contribution in [0.15, 0.2) is 24.3 Å². The van der Waals surface area contributed by atoms with Gasteiger partial charge in [0.15, 0.2) is 6.61 Å². The molecule has 1 fully saturated rings. The summed E-state index contributed by atoms with van der Waals surface area (Å²) in [7, 11) is 0. The van der Waals surface area contributed by atoms with Gasteiger partial charge in [-0.1, -0.05) is 12.1 Å². The molecule has 0 saturated heterocycles. The van der Waals surface area contributed by atoms with Crippen molar-refractivity contribution >= 4 is 5.91 Å². The van der Waals surface area contributed by atoms with Gasteiger partial charge in [-0.15, -0.1) is 0 Å². The third kappa shape index (κ3) is 5.70. The molecule has 0 radical (unpaired) electrons. The summed E-state index contributed by atoms with van der Waals surface area (Å²) in [5, 5.41) is 13.0. The van der Waals surface area contributed by atoms with Crippen LogP contribution in [0.25, 0.3) is 0 Å². The van der Waals surface area contributed by atoms with Crippen LogP contribution in [0.4, 0.5) is 13.2 Å². The quantitative estimate of drug-likeness (QED) is 0.797. The van der Waals surface area contributed by atoms with Gasteiger partial charge >= 0.3 is 6.18 Å². The monoisotopic (exact) mass is 345 g/mol. The normalized spacial score (nSPS) is 18.6. The molecule has 0 heterocycles. The fourth-order valence-corrected chi connectivity index (χ4v) is 2.59. The Morgan fingerprint density at radius 3 is 2.67 bits per heavy atom. The Kier molecular flexibility index (Phi) is 5.42. The van der Waals surface area contributed by atoms with Gasteiger partial charge in [0.1, 0.15) is 5.75 Å². The minimum atomic E-state index is -4.40. The number of carbonyl (C=O) groups excluding carboxylic acids is 1.